The fourth-order valence-electron chi connectivity index (χ4n) is 2.58. The van der Waals surface area contributed by atoms with Gasteiger partial charge in [0.15, 0.2) is 0 Å². The van der Waals surface area contributed by atoms with Gasteiger partial charge < -0.3 is 15.1 Å². The standard InChI is InChI=1S/C17H16F2N4O2/c18-13-1-2-16(15(19)8-13)21-14-7-12(9-20-10-14)17(25)23-5-3-22(11-24)4-6-23/h1-2,7-11,21H,3-6H2. The summed E-state index contributed by atoms with van der Waals surface area (Å²) in [7, 11) is 0. The van der Waals surface area contributed by atoms with Crippen LogP contribution in [-0.2, 0) is 4.79 Å². The van der Waals surface area contributed by atoms with E-state index in [4.69, 9.17) is 0 Å². The van der Waals surface area contributed by atoms with E-state index in [1.807, 2.05) is 0 Å². The van der Waals surface area contributed by atoms with Crippen molar-refractivity contribution in [3.05, 3.63) is 53.9 Å². The van der Waals surface area contributed by atoms with E-state index in [0.717, 1.165) is 18.5 Å². The Balaban J connectivity index is 1.73. The van der Waals surface area contributed by atoms with Crippen LogP contribution < -0.4 is 5.32 Å². The van der Waals surface area contributed by atoms with Crippen molar-refractivity contribution in [2.75, 3.05) is 31.5 Å². The number of halogens is 2. The topological polar surface area (TPSA) is 65.5 Å². The van der Waals surface area contributed by atoms with E-state index in [1.165, 1.54) is 18.5 Å². The molecule has 3 rings (SSSR count). The van der Waals surface area contributed by atoms with Gasteiger partial charge in [-0.05, 0) is 18.2 Å². The Morgan fingerprint density at radius 3 is 2.56 bits per heavy atom. The second kappa shape index (κ2) is 7.25. The molecule has 0 saturated carbocycles. The summed E-state index contributed by atoms with van der Waals surface area (Å²) in [6.45, 7) is 1.87. The van der Waals surface area contributed by atoms with Crippen LogP contribution >= 0.6 is 0 Å². The summed E-state index contributed by atoms with van der Waals surface area (Å²) in [5.74, 6) is -1.61. The molecule has 0 unspecified atom stereocenters. The number of hydrogen-bond acceptors (Lipinski definition) is 4. The van der Waals surface area contributed by atoms with Crippen molar-refractivity contribution in [3.8, 4) is 0 Å². The molecule has 1 aliphatic heterocycles. The number of anilines is 2. The first-order valence-corrected chi connectivity index (χ1v) is 7.72. The van der Waals surface area contributed by atoms with E-state index in [0.29, 0.717) is 37.4 Å². The van der Waals surface area contributed by atoms with Crippen molar-refractivity contribution in [1.29, 1.82) is 0 Å². The quantitative estimate of drug-likeness (QED) is 0.860. The van der Waals surface area contributed by atoms with Crippen LogP contribution in [0.2, 0.25) is 0 Å². The van der Waals surface area contributed by atoms with Crippen molar-refractivity contribution in [2.24, 2.45) is 0 Å². The van der Waals surface area contributed by atoms with Gasteiger partial charge >= 0.3 is 0 Å². The van der Waals surface area contributed by atoms with Gasteiger partial charge in [-0.1, -0.05) is 0 Å². The average Bonchev–Trinajstić information content (AvgIpc) is 2.64. The molecule has 8 heteroatoms. The molecule has 25 heavy (non-hydrogen) atoms. The second-order valence-corrected chi connectivity index (χ2v) is 5.65. The first-order chi connectivity index (χ1) is 12.1. The van der Waals surface area contributed by atoms with Crippen molar-refractivity contribution < 1.29 is 18.4 Å². The molecule has 1 saturated heterocycles. The number of rotatable bonds is 4. The summed E-state index contributed by atoms with van der Waals surface area (Å²) in [6.07, 6.45) is 3.65. The minimum atomic E-state index is -0.735. The first kappa shape index (κ1) is 16.8. The number of amides is 2. The van der Waals surface area contributed by atoms with E-state index in [9.17, 15) is 18.4 Å². The maximum absolute atomic E-state index is 13.7. The molecule has 1 fully saturated rings. The number of benzene rings is 1. The van der Waals surface area contributed by atoms with Crippen molar-refractivity contribution >= 4 is 23.7 Å². The van der Waals surface area contributed by atoms with Crippen LogP contribution in [0.25, 0.3) is 0 Å². The Morgan fingerprint density at radius 2 is 1.88 bits per heavy atom. The zero-order valence-corrected chi connectivity index (χ0v) is 13.3. The van der Waals surface area contributed by atoms with Gasteiger partial charge in [-0.3, -0.25) is 14.6 Å². The van der Waals surface area contributed by atoms with E-state index in [2.05, 4.69) is 10.3 Å². The molecule has 2 heterocycles. The summed E-state index contributed by atoms with van der Waals surface area (Å²) in [5, 5.41) is 2.78. The fraction of sp³-hybridized carbons (Fsp3) is 0.235. The summed E-state index contributed by atoms with van der Waals surface area (Å²) < 4.78 is 26.7. The van der Waals surface area contributed by atoms with E-state index in [1.54, 1.807) is 15.9 Å². The number of nitrogens with zero attached hydrogens (tertiary/aromatic N) is 3. The highest BCUT2D eigenvalue weighted by molar-refractivity contribution is 5.95. The van der Waals surface area contributed by atoms with Gasteiger partial charge in [0.25, 0.3) is 5.91 Å². The predicted molar refractivity (Wildman–Crippen MR) is 87.4 cm³/mol. The highest BCUT2D eigenvalue weighted by atomic mass is 19.1. The third kappa shape index (κ3) is 3.90. The molecule has 0 radical (unpaired) electrons. The number of piperazine rings is 1. The molecule has 6 nitrogen and oxygen atoms in total. The zero-order chi connectivity index (χ0) is 17.8. The Kier molecular flexibility index (Phi) is 4.87. The molecular formula is C17H16F2N4O2. The summed E-state index contributed by atoms with van der Waals surface area (Å²) in [5.41, 5.74) is 0.863. The van der Waals surface area contributed by atoms with Crippen LogP contribution in [0.5, 0.6) is 0 Å². The number of nitrogens with one attached hydrogen (secondary N) is 1. The lowest BCUT2D eigenvalue weighted by molar-refractivity contribution is -0.119. The summed E-state index contributed by atoms with van der Waals surface area (Å²) in [6, 6.07) is 4.75. The molecule has 2 amide bonds. The normalized spacial score (nSPS) is 14.3. The third-order valence-electron chi connectivity index (χ3n) is 3.95. The van der Waals surface area contributed by atoms with E-state index >= 15 is 0 Å². The molecule has 0 atom stereocenters. The zero-order valence-electron chi connectivity index (χ0n) is 13.3. The minimum Gasteiger partial charge on any atom is -0.352 e. The molecule has 130 valence electrons. The molecule has 0 aliphatic carbocycles. The van der Waals surface area contributed by atoms with Crippen molar-refractivity contribution in [2.45, 2.75) is 0 Å². The first-order valence-electron chi connectivity index (χ1n) is 7.72. The van der Waals surface area contributed by atoms with Gasteiger partial charge in [0.05, 0.1) is 23.1 Å². The molecule has 1 N–H and O–H groups in total. The monoisotopic (exact) mass is 346 g/mol. The third-order valence-corrected chi connectivity index (χ3v) is 3.95. The lowest BCUT2D eigenvalue weighted by Crippen LogP contribution is -2.48. The lowest BCUT2D eigenvalue weighted by Gasteiger charge is -2.32. The predicted octanol–water partition coefficient (Wildman–Crippen LogP) is 2.02. The SMILES string of the molecule is O=CN1CCN(C(=O)c2cncc(Nc3ccc(F)cc3F)c2)CC1. The number of aromatic nitrogens is 1. The van der Waals surface area contributed by atoms with Crippen LogP contribution in [-0.4, -0.2) is 53.3 Å². The Hall–Kier alpha value is -3.03. The molecule has 0 spiro atoms. The van der Waals surface area contributed by atoms with Crippen LogP contribution in [0.1, 0.15) is 10.4 Å². The minimum absolute atomic E-state index is 0.0902. The number of pyridine rings is 1. The largest absolute Gasteiger partial charge is 0.352 e. The summed E-state index contributed by atoms with van der Waals surface area (Å²) >= 11 is 0. The van der Waals surface area contributed by atoms with Gasteiger partial charge in [0.1, 0.15) is 11.6 Å². The van der Waals surface area contributed by atoms with Crippen LogP contribution in [0.3, 0.4) is 0 Å². The fourth-order valence-corrected chi connectivity index (χ4v) is 2.58. The smallest absolute Gasteiger partial charge is 0.255 e. The Bertz CT molecular complexity index is 792. The Labute approximate surface area is 143 Å². The molecule has 1 aromatic carbocycles. The van der Waals surface area contributed by atoms with Gasteiger partial charge in [0, 0.05) is 38.4 Å². The number of carbonyl (C=O) groups excluding carboxylic acids is 2. The highest BCUT2D eigenvalue weighted by Crippen LogP contribution is 2.21. The van der Waals surface area contributed by atoms with Crippen molar-refractivity contribution in [1.82, 2.24) is 14.8 Å². The van der Waals surface area contributed by atoms with Crippen LogP contribution in [0.15, 0.2) is 36.7 Å². The van der Waals surface area contributed by atoms with Crippen LogP contribution in [0.4, 0.5) is 20.2 Å². The maximum Gasteiger partial charge on any atom is 0.255 e. The van der Waals surface area contributed by atoms with E-state index < -0.39 is 11.6 Å². The second-order valence-electron chi connectivity index (χ2n) is 5.65. The van der Waals surface area contributed by atoms with Gasteiger partial charge in [0.2, 0.25) is 6.41 Å². The van der Waals surface area contributed by atoms with E-state index in [-0.39, 0.29) is 11.6 Å². The Morgan fingerprint density at radius 1 is 1.12 bits per heavy atom. The van der Waals surface area contributed by atoms with Gasteiger partial charge in [-0.2, -0.15) is 0 Å². The molecule has 1 aromatic heterocycles. The molecule has 1 aliphatic rings. The van der Waals surface area contributed by atoms with Gasteiger partial charge in [-0.15, -0.1) is 0 Å². The number of hydrogen-bond donors (Lipinski definition) is 1. The molecule has 2 aromatic rings. The lowest BCUT2D eigenvalue weighted by atomic mass is 10.2. The average molecular weight is 346 g/mol. The van der Waals surface area contributed by atoms with Gasteiger partial charge in [-0.25, -0.2) is 8.78 Å². The number of carbonyl (C=O) groups is 2. The van der Waals surface area contributed by atoms with Crippen LogP contribution in [0, 0.1) is 11.6 Å². The van der Waals surface area contributed by atoms with Crippen molar-refractivity contribution in [3.63, 3.8) is 0 Å². The maximum atomic E-state index is 13.7. The molecule has 0 bridgehead atoms. The molecular weight excluding hydrogens is 330 g/mol. The summed E-state index contributed by atoms with van der Waals surface area (Å²) in [4.78, 5) is 30.5. The highest BCUT2D eigenvalue weighted by Gasteiger charge is 2.21.